The highest BCUT2D eigenvalue weighted by Crippen LogP contribution is 2.27. The Morgan fingerprint density at radius 2 is 1.50 bits per heavy atom. The van der Waals surface area contributed by atoms with Gasteiger partial charge in [0, 0.05) is 24.5 Å². The van der Waals surface area contributed by atoms with Crippen molar-refractivity contribution in [3.63, 3.8) is 0 Å². The first-order valence-electron chi connectivity index (χ1n) is 8.11. The molecular weight excluding hydrogens is 379 g/mol. The number of rotatable bonds is 4. The number of pyridine rings is 1. The first-order valence-corrected chi connectivity index (χ1v) is 8.11. The Balaban J connectivity index is 1.92. The molecule has 0 fully saturated rings. The molecule has 0 saturated heterocycles. The molecule has 0 aliphatic heterocycles. The summed E-state index contributed by atoms with van der Waals surface area (Å²) in [6.07, 6.45) is 2.73. The molecular formula is C20H13F5N2O. The van der Waals surface area contributed by atoms with Crippen molar-refractivity contribution >= 4 is 5.91 Å². The third-order valence-electron chi connectivity index (χ3n) is 4.23. The second kappa shape index (κ2) is 7.75. The topological polar surface area (TPSA) is 42.0 Å². The Kier molecular flexibility index (Phi) is 5.39. The molecule has 0 spiro atoms. The number of nitrogens with zero attached hydrogens (tertiary/aromatic N) is 1. The normalized spacial score (nSPS) is 10.8. The van der Waals surface area contributed by atoms with E-state index in [1.165, 1.54) is 12.4 Å². The number of carbonyl (C=O) groups is 1. The Hall–Kier alpha value is -3.29. The van der Waals surface area contributed by atoms with E-state index in [4.69, 9.17) is 0 Å². The van der Waals surface area contributed by atoms with Crippen LogP contribution >= 0.6 is 0 Å². The maximum absolute atomic E-state index is 13.8. The lowest BCUT2D eigenvalue weighted by Gasteiger charge is -2.13. The fraction of sp³-hybridized carbons (Fsp3) is 0.100. The van der Waals surface area contributed by atoms with Gasteiger partial charge in [-0.1, -0.05) is 24.3 Å². The summed E-state index contributed by atoms with van der Waals surface area (Å²) in [6, 6.07) is 8.82. The molecule has 144 valence electrons. The van der Waals surface area contributed by atoms with Crippen LogP contribution in [0.15, 0.2) is 42.7 Å². The third kappa shape index (κ3) is 3.45. The summed E-state index contributed by atoms with van der Waals surface area (Å²) in [4.78, 5) is 16.4. The van der Waals surface area contributed by atoms with E-state index in [1.807, 2.05) is 19.1 Å². The summed E-state index contributed by atoms with van der Waals surface area (Å²) in [5, 5.41) is 2.19. The molecule has 0 radical (unpaired) electrons. The van der Waals surface area contributed by atoms with Crippen LogP contribution in [0.5, 0.6) is 0 Å². The molecule has 1 aromatic heterocycles. The van der Waals surface area contributed by atoms with Gasteiger partial charge in [-0.2, -0.15) is 0 Å². The minimum absolute atomic E-state index is 0.0978. The number of halogens is 5. The predicted molar refractivity (Wildman–Crippen MR) is 91.8 cm³/mol. The SMILES string of the molecule is Cc1ccccc1-c1ccncc1C(=O)NCc1c(F)c(F)c(F)c(F)c1F. The lowest BCUT2D eigenvalue weighted by molar-refractivity contribution is 0.0950. The zero-order valence-corrected chi connectivity index (χ0v) is 14.5. The number of nitrogens with one attached hydrogen (secondary N) is 1. The smallest absolute Gasteiger partial charge is 0.253 e. The van der Waals surface area contributed by atoms with Gasteiger partial charge in [0.15, 0.2) is 23.3 Å². The van der Waals surface area contributed by atoms with Crippen molar-refractivity contribution < 1.29 is 26.7 Å². The first-order chi connectivity index (χ1) is 13.3. The lowest BCUT2D eigenvalue weighted by atomic mass is 9.97. The van der Waals surface area contributed by atoms with Crippen molar-refractivity contribution in [1.29, 1.82) is 0 Å². The molecule has 0 aliphatic carbocycles. The zero-order chi connectivity index (χ0) is 20.4. The number of aryl methyl sites for hydroxylation is 1. The number of aromatic nitrogens is 1. The predicted octanol–water partition coefficient (Wildman–Crippen LogP) is 4.68. The molecule has 3 aromatic rings. The van der Waals surface area contributed by atoms with Gasteiger partial charge in [-0.3, -0.25) is 9.78 Å². The minimum Gasteiger partial charge on any atom is -0.348 e. The van der Waals surface area contributed by atoms with E-state index >= 15 is 0 Å². The highest BCUT2D eigenvalue weighted by Gasteiger charge is 2.26. The lowest BCUT2D eigenvalue weighted by Crippen LogP contribution is -2.25. The van der Waals surface area contributed by atoms with Crippen LogP contribution in [0, 0.1) is 36.0 Å². The molecule has 0 bridgehead atoms. The van der Waals surface area contributed by atoms with Crippen LogP contribution in [0.3, 0.4) is 0 Å². The monoisotopic (exact) mass is 392 g/mol. The van der Waals surface area contributed by atoms with Crippen molar-refractivity contribution in [2.24, 2.45) is 0 Å². The fourth-order valence-corrected chi connectivity index (χ4v) is 2.75. The highest BCUT2D eigenvalue weighted by atomic mass is 19.2. The van der Waals surface area contributed by atoms with Gasteiger partial charge in [0.25, 0.3) is 5.91 Å². The summed E-state index contributed by atoms with van der Waals surface area (Å²) in [5.74, 6) is -11.1. The molecule has 3 nitrogen and oxygen atoms in total. The van der Waals surface area contributed by atoms with Gasteiger partial charge in [-0.15, -0.1) is 0 Å². The molecule has 1 N–H and O–H groups in total. The zero-order valence-electron chi connectivity index (χ0n) is 14.5. The largest absolute Gasteiger partial charge is 0.348 e. The average molecular weight is 392 g/mol. The van der Waals surface area contributed by atoms with E-state index in [0.29, 0.717) is 5.56 Å². The van der Waals surface area contributed by atoms with E-state index in [9.17, 15) is 26.7 Å². The minimum atomic E-state index is -2.25. The number of benzene rings is 2. The Labute approximate surface area is 156 Å². The van der Waals surface area contributed by atoms with Gasteiger partial charge in [0.1, 0.15) is 0 Å². The highest BCUT2D eigenvalue weighted by molar-refractivity contribution is 6.00. The maximum Gasteiger partial charge on any atom is 0.253 e. The molecule has 2 aromatic carbocycles. The number of hydrogen-bond donors (Lipinski definition) is 1. The van der Waals surface area contributed by atoms with Crippen molar-refractivity contribution in [3.05, 3.63) is 88.5 Å². The van der Waals surface area contributed by atoms with Gasteiger partial charge in [0.2, 0.25) is 5.82 Å². The molecule has 28 heavy (non-hydrogen) atoms. The van der Waals surface area contributed by atoms with Gasteiger partial charge in [0.05, 0.1) is 5.56 Å². The molecule has 0 atom stereocenters. The summed E-state index contributed by atoms with van der Waals surface area (Å²) >= 11 is 0. The molecule has 1 heterocycles. The van der Waals surface area contributed by atoms with Crippen molar-refractivity contribution in [2.45, 2.75) is 13.5 Å². The molecule has 0 saturated carbocycles. The van der Waals surface area contributed by atoms with Crippen LogP contribution in [0.4, 0.5) is 22.0 Å². The van der Waals surface area contributed by atoms with E-state index in [2.05, 4.69) is 10.3 Å². The standard InChI is InChI=1S/C20H13F5N2O/c1-10-4-2-3-5-11(10)12-6-7-26-8-13(12)20(28)27-9-14-15(21)17(23)19(25)18(24)16(14)22/h2-8H,9H2,1H3,(H,27,28). The van der Waals surface area contributed by atoms with Crippen molar-refractivity contribution in [1.82, 2.24) is 10.3 Å². The van der Waals surface area contributed by atoms with Crippen LogP contribution in [0.2, 0.25) is 0 Å². The quantitative estimate of drug-likeness (QED) is 0.398. The summed E-state index contributed by atoms with van der Waals surface area (Å²) in [6.45, 7) is 0.957. The van der Waals surface area contributed by atoms with Crippen molar-refractivity contribution in [3.8, 4) is 11.1 Å². The van der Waals surface area contributed by atoms with Crippen LogP contribution in [0.1, 0.15) is 21.5 Å². The van der Waals surface area contributed by atoms with E-state index < -0.39 is 47.1 Å². The molecule has 8 heteroatoms. The van der Waals surface area contributed by atoms with Gasteiger partial charge < -0.3 is 5.32 Å². The van der Waals surface area contributed by atoms with Crippen LogP contribution in [-0.4, -0.2) is 10.9 Å². The average Bonchev–Trinajstić information content (AvgIpc) is 2.71. The van der Waals surface area contributed by atoms with Crippen LogP contribution in [0.25, 0.3) is 11.1 Å². The summed E-state index contributed by atoms with van der Waals surface area (Å²) in [7, 11) is 0. The van der Waals surface area contributed by atoms with E-state index in [1.54, 1.807) is 18.2 Å². The van der Waals surface area contributed by atoms with Gasteiger partial charge in [-0.25, -0.2) is 22.0 Å². The van der Waals surface area contributed by atoms with Crippen LogP contribution < -0.4 is 5.32 Å². The molecule has 3 rings (SSSR count). The van der Waals surface area contributed by atoms with E-state index in [0.717, 1.165) is 11.1 Å². The summed E-state index contributed by atoms with van der Waals surface area (Å²) in [5.41, 5.74) is 1.11. The first kappa shape index (κ1) is 19.5. The molecule has 0 aliphatic rings. The van der Waals surface area contributed by atoms with Gasteiger partial charge >= 0.3 is 0 Å². The number of hydrogen-bond acceptors (Lipinski definition) is 2. The second-order valence-electron chi connectivity index (χ2n) is 5.97. The number of amides is 1. The van der Waals surface area contributed by atoms with Gasteiger partial charge in [-0.05, 0) is 29.7 Å². The van der Waals surface area contributed by atoms with Crippen molar-refractivity contribution in [2.75, 3.05) is 0 Å². The maximum atomic E-state index is 13.8. The Morgan fingerprint density at radius 1 is 0.893 bits per heavy atom. The third-order valence-corrected chi connectivity index (χ3v) is 4.23. The molecule has 0 unspecified atom stereocenters. The second-order valence-corrected chi connectivity index (χ2v) is 5.97. The fourth-order valence-electron chi connectivity index (χ4n) is 2.75. The Bertz CT molecular complexity index is 1040. The Morgan fingerprint density at radius 3 is 2.14 bits per heavy atom. The molecule has 1 amide bonds. The van der Waals surface area contributed by atoms with E-state index in [-0.39, 0.29) is 5.56 Å². The number of carbonyl (C=O) groups excluding carboxylic acids is 1. The summed E-state index contributed by atoms with van der Waals surface area (Å²) < 4.78 is 67.2. The van der Waals surface area contributed by atoms with Crippen LogP contribution in [-0.2, 0) is 6.54 Å².